The van der Waals surface area contributed by atoms with Crippen molar-refractivity contribution in [2.45, 2.75) is 12.8 Å². The Hall–Kier alpha value is -2.66. The largest absolute Gasteiger partial charge is 0.442 e. The number of carbonyl (C=O) groups excluding carboxylic acids is 1. The van der Waals surface area contributed by atoms with Gasteiger partial charge in [-0.1, -0.05) is 42.5 Å². The molecule has 3 rings (SSSR count). The van der Waals surface area contributed by atoms with Crippen LogP contribution in [0, 0.1) is 0 Å². The second-order valence-corrected chi connectivity index (χ2v) is 4.61. The maximum Gasteiger partial charge on any atom is 0.341 e. The van der Waals surface area contributed by atoms with Crippen molar-refractivity contribution >= 4 is 17.0 Å². The van der Waals surface area contributed by atoms with Crippen molar-refractivity contribution in [3.63, 3.8) is 0 Å². The fourth-order valence-electron chi connectivity index (χ4n) is 2.10. The number of carbonyl (C=O) groups is 1. The molecule has 0 aliphatic carbocycles. The summed E-state index contributed by atoms with van der Waals surface area (Å²) in [4.78, 5) is 16.1. The van der Waals surface area contributed by atoms with Gasteiger partial charge in [0.1, 0.15) is 0 Å². The van der Waals surface area contributed by atoms with Crippen LogP contribution in [0.15, 0.2) is 60.9 Å². The number of imidazole rings is 1. The van der Waals surface area contributed by atoms with Crippen LogP contribution in [0.2, 0.25) is 0 Å². The Morgan fingerprint density at radius 1 is 1.14 bits per heavy atom. The molecule has 0 saturated heterocycles. The molecular formula is C16H14N2O3. The van der Waals surface area contributed by atoms with E-state index in [2.05, 4.69) is 4.98 Å². The molecule has 5 heteroatoms. The van der Waals surface area contributed by atoms with Gasteiger partial charge in [-0.3, -0.25) is 4.57 Å². The lowest BCUT2D eigenvalue weighted by Gasteiger charge is -2.11. The van der Waals surface area contributed by atoms with Crippen molar-refractivity contribution < 1.29 is 14.6 Å². The quantitative estimate of drug-likeness (QED) is 0.746. The van der Waals surface area contributed by atoms with Crippen LogP contribution in [0.3, 0.4) is 0 Å². The molecule has 1 N–H and O–H groups in total. The number of aromatic nitrogens is 2. The van der Waals surface area contributed by atoms with E-state index in [0.29, 0.717) is 5.56 Å². The number of hydrogen-bond acceptors (Lipinski definition) is 4. The highest BCUT2D eigenvalue weighted by Crippen LogP contribution is 2.15. The third kappa shape index (κ3) is 2.78. The van der Waals surface area contributed by atoms with Gasteiger partial charge in [0.2, 0.25) is 0 Å². The maximum absolute atomic E-state index is 11.9. The molecule has 0 aliphatic rings. The molecule has 2 aromatic carbocycles. The van der Waals surface area contributed by atoms with Gasteiger partial charge >= 0.3 is 5.97 Å². The summed E-state index contributed by atoms with van der Waals surface area (Å²) in [6.07, 6.45) is 0.327. The molecule has 0 spiro atoms. The molecule has 1 aromatic heterocycles. The average Bonchev–Trinajstić information content (AvgIpc) is 2.96. The number of nitrogens with zero attached hydrogens (tertiary/aromatic N) is 2. The first-order chi connectivity index (χ1) is 10.3. The Kier molecular flexibility index (Phi) is 3.66. The Labute approximate surface area is 121 Å². The standard InChI is InChI=1S/C16H14N2O3/c19-15(12-6-2-1-3-7-12)16(20)21-11-18-10-17-13-8-4-5-9-14(13)18/h1-10,15,19H,11H2. The highest BCUT2D eigenvalue weighted by molar-refractivity contribution is 5.77. The van der Waals surface area contributed by atoms with Gasteiger partial charge in [-0.25, -0.2) is 9.78 Å². The number of ether oxygens (including phenoxy) is 1. The first-order valence-electron chi connectivity index (χ1n) is 6.55. The molecule has 3 aromatic rings. The second kappa shape index (κ2) is 5.76. The second-order valence-electron chi connectivity index (χ2n) is 4.61. The number of para-hydroxylation sites is 2. The molecule has 1 heterocycles. The molecule has 1 atom stereocenters. The number of benzene rings is 2. The molecule has 0 amide bonds. The molecule has 21 heavy (non-hydrogen) atoms. The molecule has 0 bridgehead atoms. The van der Waals surface area contributed by atoms with Gasteiger partial charge in [-0.15, -0.1) is 0 Å². The van der Waals surface area contributed by atoms with Gasteiger partial charge in [-0.05, 0) is 17.7 Å². The lowest BCUT2D eigenvalue weighted by molar-refractivity contribution is -0.157. The summed E-state index contributed by atoms with van der Waals surface area (Å²) in [6, 6.07) is 16.3. The minimum absolute atomic E-state index is 0.0171. The lowest BCUT2D eigenvalue weighted by atomic mass is 10.1. The molecule has 1 unspecified atom stereocenters. The molecule has 0 fully saturated rings. The number of esters is 1. The van der Waals surface area contributed by atoms with Gasteiger partial charge in [0.05, 0.1) is 17.4 Å². The van der Waals surface area contributed by atoms with E-state index in [1.807, 2.05) is 30.3 Å². The lowest BCUT2D eigenvalue weighted by Crippen LogP contribution is -2.17. The fraction of sp³-hybridized carbons (Fsp3) is 0.125. The minimum atomic E-state index is -1.28. The SMILES string of the molecule is O=C(OCn1cnc2ccccc21)C(O)c1ccccc1. The summed E-state index contributed by atoms with van der Waals surface area (Å²) >= 11 is 0. The summed E-state index contributed by atoms with van der Waals surface area (Å²) in [6.45, 7) is 0.0171. The third-order valence-electron chi connectivity index (χ3n) is 3.21. The van der Waals surface area contributed by atoms with E-state index >= 15 is 0 Å². The van der Waals surface area contributed by atoms with Crippen LogP contribution in [-0.4, -0.2) is 20.6 Å². The van der Waals surface area contributed by atoms with E-state index in [-0.39, 0.29) is 6.73 Å². The summed E-state index contributed by atoms with van der Waals surface area (Å²) in [7, 11) is 0. The van der Waals surface area contributed by atoms with E-state index in [1.165, 1.54) is 0 Å². The van der Waals surface area contributed by atoms with Gasteiger partial charge in [0, 0.05) is 0 Å². The van der Waals surface area contributed by atoms with Crippen molar-refractivity contribution in [2.75, 3.05) is 0 Å². The normalized spacial score (nSPS) is 12.2. The number of aliphatic hydroxyl groups excluding tert-OH is 1. The zero-order valence-electron chi connectivity index (χ0n) is 11.2. The van der Waals surface area contributed by atoms with Gasteiger partial charge < -0.3 is 9.84 Å². The molecule has 106 valence electrons. The fourth-order valence-corrected chi connectivity index (χ4v) is 2.10. The minimum Gasteiger partial charge on any atom is -0.442 e. The van der Waals surface area contributed by atoms with Crippen molar-refractivity contribution in [3.05, 3.63) is 66.5 Å². The summed E-state index contributed by atoms with van der Waals surface area (Å²) in [5.74, 6) is -0.681. The summed E-state index contributed by atoms with van der Waals surface area (Å²) in [5.41, 5.74) is 2.22. The number of fused-ring (bicyclic) bond motifs is 1. The highest BCUT2D eigenvalue weighted by Gasteiger charge is 2.18. The highest BCUT2D eigenvalue weighted by atomic mass is 16.6. The monoisotopic (exact) mass is 282 g/mol. The van der Waals surface area contributed by atoms with Crippen LogP contribution in [0.25, 0.3) is 11.0 Å². The van der Waals surface area contributed by atoms with Crippen LogP contribution in [0.4, 0.5) is 0 Å². The zero-order valence-corrected chi connectivity index (χ0v) is 11.2. The van der Waals surface area contributed by atoms with Gasteiger partial charge in [-0.2, -0.15) is 0 Å². The number of hydrogen-bond donors (Lipinski definition) is 1. The van der Waals surface area contributed by atoms with Crippen LogP contribution in [0.1, 0.15) is 11.7 Å². The van der Waals surface area contributed by atoms with Crippen molar-refractivity contribution in [1.29, 1.82) is 0 Å². The van der Waals surface area contributed by atoms with Crippen molar-refractivity contribution in [1.82, 2.24) is 9.55 Å². The molecule has 0 aliphatic heterocycles. The van der Waals surface area contributed by atoms with E-state index in [1.54, 1.807) is 35.2 Å². The van der Waals surface area contributed by atoms with Crippen LogP contribution >= 0.6 is 0 Å². The van der Waals surface area contributed by atoms with Gasteiger partial charge in [0.15, 0.2) is 12.8 Å². The third-order valence-corrected chi connectivity index (χ3v) is 3.21. The number of rotatable bonds is 4. The average molecular weight is 282 g/mol. The van der Waals surface area contributed by atoms with E-state index in [0.717, 1.165) is 11.0 Å². The van der Waals surface area contributed by atoms with Crippen LogP contribution in [-0.2, 0) is 16.3 Å². The first-order valence-corrected chi connectivity index (χ1v) is 6.55. The molecule has 5 nitrogen and oxygen atoms in total. The molecule has 0 saturated carbocycles. The Morgan fingerprint density at radius 3 is 2.67 bits per heavy atom. The zero-order chi connectivity index (χ0) is 14.7. The van der Waals surface area contributed by atoms with E-state index in [4.69, 9.17) is 4.74 Å². The Morgan fingerprint density at radius 2 is 1.86 bits per heavy atom. The van der Waals surface area contributed by atoms with Gasteiger partial charge in [0.25, 0.3) is 0 Å². The molecular weight excluding hydrogens is 268 g/mol. The summed E-state index contributed by atoms with van der Waals surface area (Å²) in [5, 5.41) is 9.93. The Balaban J connectivity index is 1.69. The predicted octanol–water partition coefficient (Wildman–Crippen LogP) is 2.27. The van der Waals surface area contributed by atoms with Crippen LogP contribution < -0.4 is 0 Å². The van der Waals surface area contributed by atoms with E-state index < -0.39 is 12.1 Å². The first kappa shape index (κ1) is 13.3. The number of aliphatic hydroxyl groups is 1. The predicted molar refractivity (Wildman–Crippen MR) is 77.2 cm³/mol. The topological polar surface area (TPSA) is 64.4 Å². The Bertz CT molecular complexity index is 752. The maximum atomic E-state index is 11.9. The smallest absolute Gasteiger partial charge is 0.341 e. The van der Waals surface area contributed by atoms with Crippen molar-refractivity contribution in [3.8, 4) is 0 Å². The van der Waals surface area contributed by atoms with Crippen molar-refractivity contribution in [2.24, 2.45) is 0 Å². The molecule has 0 radical (unpaired) electrons. The van der Waals surface area contributed by atoms with Crippen LogP contribution in [0.5, 0.6) is 0 Å². The summed E-state index contributed by atoms with van der Waals surface area (Å²) < 4.78 is 6.86. The van der Waals surface area contributed by atoms with E-state index in [9.17, 15) is 9.90 Å².